The van der Waals surface area contributed by atoms with Gasteiger partial charge in [-0.2, -0.15) is 0 Å². The van der Waals surface area contributed by atoms with Crippen LogP contribution in [0.5, 0.6) is 11.5 Å². The molecule has 1 aromatic heterocycles. The lowest BCUT2D eigenvalue weighted by Gasteiger charge is -2.34. The highest BCUT2D eigenvalue weighted by Crippen LogP contribution is 2.36. The fraction of sp³-hybridized carbons (Fsp3) is 0.333. The van der Waals surface area contributed by atoms with Gasteiger partial charge in [0.15, 0.2) is 17.3 Å². The van der Waals surface area contributed by atoms with Crippen LogP contribution in [0.4, 0.5) is 4.79 Å². The third kappa shape index (κ3) is 4.76. The van der Waals surface area contributed by atoms with Crippen LogP contribution >= 0.6 is 11.8 Å². The van der Waals surface area contributed by atoms with Gasteiger partial charge in [0, 0.05) is 19.6 Å². The van der Waals surface area contributed by atoms with E-state index in [9.17, 15) is 19.2 Å². The van der Waals surface area contributed by atoms with E-state index >= 15 is 0 Å². The summed E-state index contributed by atoms with van der Waals surface area (Å²) in [5.41, 5.74) is 0.715. The molecule has 2 aromatic rings. The quantitative estimate of drug-likeness (QED) is 0.606. The van der Waals surface area contributed by atoms with E-state index in [-0.39, 0.29) is 37.5 Å². The summed E-state index contributed by atoms with van der Waals surface area (Å²) in [5, 5.41) is 2.38. The van der Waals surface area contributed by atoms with Crippen LogP contribution in [-0.4, -0.2) is 65.2 Å². The number of nitrogens with zero attached hydrogens (tertiary/aromatic N) is 2. The van der Waals surface area contributed by atoms with Crippen molar-refractivity contribution >= 4 is 40.8 Å². The van der Waals surface area contributed by atoms with Gasteiger partial charge in [0.1, 0.15) is 6.04 Å². The molecule has 4 heterocycles. The van der Waals surface area contributed by atoms with Gasteiger partial charge in [-0.05, 0) is 66.9 Å². The van der Waals surface area contributed by atoms with Crippen LogP contribution in [0.1, 0.15) is 35.4 Å². The van der Waals surface area contributed by atoms with E-state index in [2.05, 4.69) is 5.32 Å². The van der Waals surface area contributed by atoms with E-state index in [1.54, 1.807) is 36.4 Å². The molecule has 1 aromatic carbocycles. The topological polar surface area (TPSA) is 118 Å². The van der Waals surface area contributed by atoms with Gasteiger partial charge in [-0.3, -0.25) is 24.1 Å². The fourth-order valence-electron chi connectivity index (χ4n) is 4.24. The number of ether oxygens (including phenoxy) is 2. The van der Waals surface area contributed by atoms with E-state index in [1.807, 2.05) is 0 Å². The molecular formula is C24H23N3O7S. The van der Waals surface area contributed by atoms with Crippen molar-refractivity contribution in [1.29, 1.82) is 0 Å². The first-order valence-corrected chi connectivity index (χ1v) is 12.1. The summed E-state index contributed by atoms with van der Waals surface area (Å²) in [5.74, 6) is 0.356. The molecule has 3 aliphatic rings. The average Bonchev–Trinajstić information content (AvgIpc) is 3.61. The molecule has 182 valence electrons. The Bertz CT molecular complexity index is 1190. The van der Waals surface area contributed by atoms with Gasteiger partial charge in [0.2, 0.25) is 12.7 Å². The number of likely N-dealkylation sites (tertiary alicyclic amines) is 1. The molecule has 35 heavy (non-hydrogen) atoms. The maximum atomic E-state index is 12.9. The highest BCUT2D eigenvalue weighted by Gasteiger charge is 2.36. The number of carbonyl (C=O) groups is 4. The molecule has 1 N–H and O–H groups in total. The highest BCUT2D eigenvalue weighted by atomic mass is 32.2. The first-order chi connectivity index (χ1) is 17.0. The van der Waals surface area contributed by atoms with E-state index in [0.29, 0.717) is 34.9 Å². The molecule has 0 radical (unpaired) electrons. The summed E-state index contributed by atoms with van der Waals surface area (Å²) >= 11 is 0.850. The molecule has 2 fully saturated rings. The number of piperidine rings is 1. The second-order valence-electron chi connectivity index (χ2n) is 8.22. The van der Waals surface area contributed by atoms with Crippen molar-refractivity contribution < 1.29 is 33.1 Å². The zero-order valence-electron chi connectivity index (χ0n) is 18.7. The summed E-state index contributed by atoms with van der Waals surface area (Å²) in [6, 6.07) is 7.85. The van der Waals surface area contributed by atoms with E-state index in [1.165, 1.54) is 11.2 Å². The maximum absolute atomic E-state index is 12.9. The molecule has 4 amide bonds. The number of benzene rings is 1. The molecule has 0 bridgehead atoms. The van der Waals surface area contributed by atoms with E-state index in [0.717, 1.165) is 29.5 Å². The van der Waals surface area contributed by atoms with Crippen LogP contribution in [-0.2, 0) is 9.59 Å². The van der Waals surface area contributed by atoms with Crippen LogP contribution in [0, 0.1) is 0 Å². The zero-order chi connectivity index (χ0) is 24.4. The van der Waals surface area contributed by atoms with Crippen LogP contribution in [0.15, 0.2) is 45.9 Å². The second kappa shape index (κ2) is 9.87. The van der Waals surface area contributed by atoms with Crippen molar-refractivity contribution in [1.82, 2.24) is 15.1 Å². The molecule has 1 unspecified atom stereocenters. The Morgan fingerprint density at radius 1 is 1.14 bits per heavy atom. The van der Waals surface area contributed by atoms with Crippen molar-refractivity contribution in [3.05, 3.63) is 52.8 Å². The predicted octanol–water partition coefficient (Wildman–Crippen LogP) is 2.86. The van der Waals surface area contributed by atoms with E-state index in [4.69, 9.17) is 13.9 Å². The second-order valence-corrected chi connectivity index (χ2v) is 9.22. The van der Waals surface area contributed by atoms with Crippen molar-refractivity contribution in [2.45, 2.75) is 25.3 Å². The van der Waals surface area contributed by atoms with Gasteiger partial charge >= 0.3 is 0 Å². The minimum atomic E-state index is -0.623. The van der Waals surface area contributed by atoms with Crippen LogP contribution in [0.2, 0.25) is 0 Å². The number of imide groups is 1. The van der Waals surface area contributed by atoms with Crippen molar-refractivity contribution in [3.63, 3.8) is 0 Å². The minimum absolute atomic E-state index is 0.0355. The van der Waals surface area contributed by atoms with Crippen LogP contribution in [0.25, 0.3) is 6.08 Å². The number of amides is 4. The van der Waals surface area contributed by atoms with Crippen LogP contribution < -0.4 is 14.8 Å². The molecule has 0 saturated carbocycles. The minimum Gasteiger partial charge on any atom is -0.459 e. The summed E-state index contributed by atoms with van der Waals surface area (Å²) in [6.45, 7) is 0.739. The molecule has 3 aliphatic heterocycles. The molecule has 0 aliphatic carbocycles. The number of fused-ring (bicyclic) bond motifs is 1. The summed E-state index contributed by atoms with van der Waals surface area (Å²) < 4.78 is 15.8. The Balaban J connectivity index is 1.18. The number of thioether (sulfide) groups is 1. The highest BCUT2D eigenvalue weighted by molar-refractivity contribution is 8.18. The SMILES string of the molecule is O=C(NCCN1C(=O)S/C(=C/c2ccc3c(c2)OCO3)C1=O)C1CCCCN1C(=O)c1ccco1. The van der Waals surface area contributed by atoms with Gasteiger partial charge in [-0.15, -0.1) is 0 Å². The smallest absolute Gasteiger partial charge is 0.293 e. The Hall–Kier alpha value is -3.73. The number of furan rings is 1. The Morgan fingerprint density at radius 2 is 2.00 bits per heavy atom. The third-order valence-corrected chi connectivity index (χ3v) is 6.91. The summed E-state index contributed by atoms with van der Waals surface area (Å²) in [6.07, 6.45) is 5.23. The zero-order valence-corrected chi connectivity index (χ0v) is 19.5. The van der Waals surface area contributed by atoms with Gasteiger partial charge in [0.05, 0.1) is 11.2 Å². The van der Waals surface area contributed by atoms with Gasteiger partial charge in [0.25, 0.3) is 17.1 Å². The number of hydrogen-bond donors (Lipinski definition) is 1. The largest absolute Gasteiger partial charge is 0.459 e. The normalized spacial score (nSPS) is 20.6. The maximum Gasteiger partial charge on any atom is 0.293 e. The van der Waals surface area contributed by atoms with Crippen LogP contribution in [0.3, 0.4) is 0 Å². The number of nitrogens with one attached hydrogen (secondary N) is 1. The van der Waals surface area contributed by atoms with E-state index < -0.39 is 17.2 Å². The van der Waals surface area contributed by atoms with Gasteiger partial charge < -0.3 is 24.1 Å². The monoisotopic (exact) mass is 497 g/mol. The average molecular weight is 498 g/mol. The number of hydrogen-bond acceptors (Lipinski definition) is 8. The van der Waals surface area contributed by atoms with Crippen molar-refractivity contribution in [2.75, 3.05) is 26.4 Å². The summed E-state index contributed by atoms with van der Waals surface area (Å²) in [7, 11) is 0. The fourth-order valence-corrected chi connectivity index (χ4v) is 5.11. The lowest BCUT2D eigenvalue weighted by atomic mass is 10.0. The Morgan fingerprint density at radius 3 is 2.83 bits per heavy atom. The molecular weight excluding hydrogens is 474 g/mol. The summed E-state index contributed by atoms with van der Waals surface area (Å²) in [4.78, 5) is 53.7. The number of carbonyl (C=O) groups excluding carboxylic acids is 4. The molecule has 10 nitrogen and oxygen atoms in total. The standard InChI is InChI=1S/C24H23N3O7S/c28-21(16-4-1-2-9-26(16)22(29)18-5-3-11-32-18)25-8-10-27-23(30)20(35-24(27)31)13-15-6-7-17-19(12-15)34-14-33-17/h3,5-7,11-13,16H,1-2,4,8-10,14H2,(H,25,28)/b20-13+. The molecule has 11 heteroatoms. The molecule has 0 spiro atoms. The predicted molar refractivity (Wildman–Crippen MR) is 126 cm³/mol. The number of rotatable bonds is 6. The molecule has 5 rings (SSSR count). The Kier molecular flexibility index (Phi) is 6.49. The van der Waals surface area contributed by atoms with Gasteiger partial charge in [-0.25, -0.2) is 0 Å². The van der Waals surface area contributed by atoms with Gasteiger partial charge in [-0.1, -0.05) is 6.07 Å². The lowest BCUT2D eigenvalue weighted by molar-refractivity contribution is -0.127. The third-order valence-electron chi connectivity index (χ3n) is 6.00. The molecule has 1 atom stereocenters. The first-order valence-electron chi connectivity index (χ1n) is 11.3. The van der Waals surface area contributed by atoms with Crippen molar-refractivity contribution in [2.24, 2.45) is 0 Å². The lowest BCUT2D eigenvalue weighted by Crippen LogP contribution is -2.52. The molecule has 2 saturated heterocycles. The van der Waals surface area contributed by atoms with Crippen molar-refractivity contribution in [3.8, 4) is 11.5 Å². The first kappa shape index (κ1) is 23.0. The Labute approximate surface area is 205 Å².